The van der Waals surface area contributed by atoms with Crippen LogP contribution in [0.4, 0.5) is 5.69 Å². The monoisotopic (exact) mass is 752 g/mol. The molecule has 0 radical (unpaired) electrons. The van der Waals surface area contributed by atoms with E-state index in [2.05, 4.69) is 25.7 Å². The molecule has 3 aromatic carbocycles. The normalized spacial score (nSPS) is 22.0. The van der Waals surface area contributed by atoms with Gasteiger partial charge in [0, 0.05) is 17.7 Å². The van der Waals surface area contributed by atoms with Gasteiger partial charge in [-0.15, -0.1) is 0 Å². The third-order valence-corrected chi connectivity index (χ3v) is 11.6. The third-order valence-electron chi connectivity index (χ3n) is 10.2. The Hall–Kier alpha value is -5.51. The van der Waals surface area contributed by atoms with Gasteiger partial charge in [0.2, 0.25) is 33.6 Å². The molecule has 280 valence electrons. The molecule has 5 N–H and O–H groups in total. The van der Waals surface area contributed by atoms with Gasteiger partial charge in [-0.3, -0.25) is 9.59 Å². The Kier molecular flexibility index (Phi) is 8.82. The Morgan fingerprint density at radius 2 is 1.76 bits per heavy atom. The Morgan fingerprint density at radius 1 is 1.00 bits per heavy atom. The number of carbonyl (C=O) groups excluding carboxylic acids is 2. The van der Waals surface area contributed by atoms with Gasteiger partial charge >= 0.3 is 0 Å². The lowest BCUT2D eigenvalue weighted by atomic mass is 9.72. The zero-order valence-corrected chi connectivity index (χ0v) is 30.8. The van der Waals surface area contributed by atoms with E-state index < -0.39 is 51.7 Å². The molecule has 0 fully saturated rings. The SMILES string of the molecule is CC(C)[C@H](O)C(=O)N[C@H]1Cc2ccc3c(c2)C2(c4ccccc4N[C@@H]2O3)c2oc(nc2-c2nc(CNS(=O)(=O)c3ccccc3)co2)[C@H](C(C)C)NC1=O. The van der Waals surface area contributed by atoms with Crippen molar-refractivity contribution in [3.8, 4) is 17.3 Å². The molecule has 5 atom stereocenters. The molecule has 15 heteroatoms. The van der Waals surface area contributed by atoms with Gasteiger partial charge in [0.15, 0.2) is 17.7 Å². The zero-order chi connectivity index (χ0) is 37.9. The van der Waals surface area contributed by atoms with E-state index in [0.717, 1.165) is 22.4 Å². The fraction of sp³-hybridized carbons (Fsp3) is 0.333. The van der Waals surface area contributed by atoms with E-state index in [1.165, 1.54) is 18.4 Å². The molecule has 0 aliphatic carbocycles. The molecule has 3 aliphatic heterocycles. The average molecular weight is 753 g/mol. The number of ether oxygens (including phenoxy) is 1. The predicted octanol–water partition coefficient (Wildman–Crippen LogP) is 4.16. The van der Waals surface area contributed by atoms with Crippen molar-refractivity contribution in [3.63, 3.8) is 0 Å². The lowest BCUT2D eigenvalue weighted by molar-refractivity contribution is -0.135. The van der Waals surface area contributed by atoms with Crippen LogP contribution in [0.15, 0.2) is 92.8 Å². The van der Waals surface area contributed by atoms with E-state index in [1.807, 2.05) is 56.3 Å². The number of rotatable bonds is 9. The summed E-state index contributed by atoms with van der Waals surface area (Å²) in [4.78, 5) is 37.0. The van der Waals surface area contributed by atoms with Gasteiger partial charge in [-0.2, -0.15) is 0 Å². The number of sulfonamides is 1. The van der Waals surface area contributed by atoms with Gasteiger partial charge in [0.1, 0.15) is 35.6 Å². The van der Waals surface area contributed by atoms with E-state index in [1.54, 1.807) is 32.0 Å². The molecule has 0 saturated heterocycles. The topological polar surface area (TPSA) is 198 Å². The molecule has 2 amide bonds. The highest BCUT2D eigenvalue weighted by Gasteiger charge is 2.61. The minimum Gasteiger partial charge on any atom is -0.469 e. The summed E-state index contributed by atoms with van der Waals surface area (Å²) >= 11 is 0. The number of amides is 2. The second kappa shape index (κ2) is 13.4. The number of nitrogens with zero attached hydrogens (tertiary/aromatic N) is 2. The molecule has 54 heavy (non-hydrogen) atoms. The Morgan fingerprint density at radius 3 is 2.52 bits per heavy atom. The first-order chi connectivity index (χ1) is 25.9. The number of nitrogens with one attached hydrogen (secondary N) is 4. The van der Waals surface area contributed by atoms with E-state index in [4.69, 9.17) is 18.6 Å². The second-order valence-electron chi connectivity index (χ2n) is 14.5. The summed E-state index contributed by atoms with van der Waals surface area (Å²) in [6.07, 6.45) is -0.506. The van der Waals surface area contributed by atoms with Crippen molar-refractivity contribution in [2.24, 2.45) is 11.8 Å². The first-order valence-electron chi connectivity index (χ1n) is 17.8. The van der Waals surface area contributed by atoms with E-state index in [0.29, 0.717) is 17.2 Å². The molecule has 0 saturated carbocycles. The van der Waals surface area contributed by atoms with Crippen molar-refractivity contribution >= 4 is 27.5 Å². The molecule has 5 heterocycles. The van der Waals surface area contributed by atoms with Crippen molar-refractivity contribution in [1.82, 2.24) is 25.3 Å². The van der Waals surface area contributed by atoms with Gasteiger partial charge in [-0.1, -0.05) is 76.2 Å². The summed E-state index contributed by atoms with van der Waals surface area (Å²) in [5.74, 6) is -0.556. The molecule has 1 spiro atoms. The van der Waals surface area contributed by atoms with Crippen molar-refractivity contribution in [2.75, 3.05) is 5.32 Å². The summed E-state index contributed by atoms with van der Waals surface area (Å²) in [7, 11) is -3.83. The van der Waals surface area contributed by atoms with Gasteiger partial charge in [0.25, 0.3) is 0 Å². The summed E-state index contributed by atoms with van der Waals surface area (Å²) in [6.45, 7) is 7.11. The zero-order valence-electron chi connectivity index (χ0n) is 30.0. The molecular weight excluding hydrogens is 713 g/mol. The molecule has 4 bridgehead atoms. The van der Waals surface area contributed by atoms with Gasteiger partial charge in [0.05, 0.1) is 17.1 Å². The number of benzene rings is 3. The predicted molar refractivity (Wildman–Crippen MR) is 195 cm³/mol. The number of aliphatic hydroxyl groups is 1. The summed E-state index contributed by atoms with van der Waals surface area (Å²) in [5.41, 5.74) is 2.57. The Bertz CT molecular complexity index is 2360. The quantitative estimate of drug-likeness (QED) is 0.145. The number of hydrogen-bond acceptors (Lipinski definition) is 11. The number of oxazole rings is 2. The van der Waals surface area contributed by atoms with E-state index >= 15 is 0 Å². The summed E-state index contributed by atoms with van der Waals surface area (Å²) in [6, 6.07) is 19.6. The van der Waals surface area contributed by atoms with Crippen LogP contribution in [-0.2, 0) is 38.0 Å². The maximum absolute atomic E-state index is 14.1. The number of hydrogen-bond donors (Lipinski definition) is 5. The number of fused-ring (bicyclic) bond motifs is 4. The summed E-state index contributed by atoms with van der Waals surface area (Å²) < 4.78 is 48.0. The van der Waals surface area contributed by atoms with Crippen molar-refractivity contribution < 1.29 is 36.7 Å². The number of para-hydroxylation sites is 1. The number of carbonyl (C=O) groups is 2. The molecular formula is C39H40N6O8S. The average Bonchev–Trinajstić information content (AvgIpc) is 3.93. The number of aliphatic hydroxyl groups excluding tert-OH is 1. The lowest BCUT2D eigenvalue weighted by Gasteiger charge is -2.29. The van der Waals surface area contributed by atoms with Crippen LogP contribution < -0.4 is 25.4 Å². The fourth-order valence-corrected chi connectivity index (χ4v) is 8.38. The van der Waals surface area contributed by atoms with Crippen molar-refractivity contribution in [2.45, 2.75) is 75.4 Å². The second-order valence-corrected chi connectivity index (χ2v) is 16.3. The molecule has 8 rings (SSSR count). The van der Waals surface area contributed by atoms with Crippen molar-refractivity contribution in [3.05, 3.63) is 113 Å². The van der Waals surface area contributed by atoms with Crippen LogP contribution in [0.3, 0.4) is 0 Å². The molecule has 14 nitrogen and oxygen atoms in total. The smallest absolute Gasteiger partial charge is 0.249 e. The molecule has 2 aromatic heterocycles. The number of aromatic nitrogens is 2. The van der Waals surface area contributed by atoms with Crippen LogP contribution in [0, 0.1) is 11.8 Å². The molecule has 3 aliphatic rings. The minimum absolute atomic E-state index is 0.0764. The highest BCUT2D eigenvalue weighted by Crippen LogP contribution is 2.59. The van der Waals surface area contributed by atoms with Crippen LogP contribution in [0.25, 0.3) is 11.6 Å². The maximum atomic E-state index is 14.1. The maximum Gasteiger partial charge on any atom is 0.249 e. The first kappa shape index (κ1) is 35.5. The van der Waals surface area contributed by atoms with Crippen molar-refractivity contribution in [1.29, 1.82) is 0 Å². The Balaban J connectivity index is 1.28. The van der Waals surface area contributed by atoms with Gasteiger partial charge in [-0.25, -0.2) is 23.1 Å². The Labute approximate surface area is 311 Å². The highest BCUT2D eigenvalue weighted by molar-refractivity contribution is 7.89. The van der Waals surface area contributed by atoms with Gasteiger partial charge < -0.3 is 34.6 Å². The van der Waals surface area contributed by atoms with E-state index in [9.17, 15) is 23.1 Å². The fourth-order valence-electron chi connectivity index (χ4n) is 7.36. The third kappa shape index (κ3) is 5.92. The van der Waals surface area contributed by atoms with Crippen LogP contribution >= 0.6 is 0 Å². The van der Waals surface area contributed by atoms with Crippen LogP contribution in [0.2, 0.25) is 0 Å². The number of anilines is 1. The molecule has 1 unspecified atom stereocenters. The van der Waals surface area contributed by atoms with Crippen LogP contribution in [0.1, 0.15) is 67.8 Å². The van der Waals surface area contributed by atoms with Crippen LogP contribution in [0.5, 0.6) is 5.75 Å². The highest BCUT2D eigenvalue weighted by atomic mass is 32.2. The first-order valence-corrected chi connectivity index (χ1v) is 19.3. The standard InChI is InChI=1S/C39H40N6O8S/c1-20(2)30-37-45-31(36-41-23(19-51-36)18-40-54(49,50)24-10-6-5-7-11-24)33(53-37)39-25-12-8-9-13-27(25)43-38(39)52-29-15-14-22(16-26(29)39)17-28(34(47)44-30)42-35(48)32(46)21(3)4/h5-16,19-21,28,30,32,38,40,43,46H,17-18H2,1-4H3,(H,42,48)(H,44,47)/t28-,30-,32-,38+,39?/m0/s1. The summed E-state index contributed by atoms with van der Waals surface area (Å²) in [5, 5.41) is 19.9. The lowest BCUT2D eigenvalue weighted by Crippen LogP contribution is -2.52. The molecule has 5 aromatic rings. The van der Waals surface area contributed by atoms with E-state index in [-0.39, 0.29) is 47.2 Å². The largest absolute Gasteiger partial charge is 0.469 e. The van der Waals surface area contributed by atoms with Gasteiger partial charge in [-0.05, 0) is 47.2 Å². The van der Waals surface area contributed by atoms with Crippen LogP contribution in [-0.4, -0.2) is 53.7 Å². The minimum atomic E-state index is -3.83.